The van der Waals surface area contributed by atoms with Gasteiger partial charge in [0.05, 0.1) is 0 Å². The maximum Gasteiger partial charge on any atom is 0.306 e. The van der Waals surface area contributed by atoms with Crippen LogP contribution in [0, 0.1) is 0 Å². The molecule has 0 aromatic heterocycles. The van der Waals surface area contributed by atoms with Crippen molar-refractivity contribution in [1.29, 1.82) is 0 Å². The molecule has 0 aliphatic rings. The summed E-state index contributed by atoms with van der Waals surface area (Å²) in [4.78, 5) is 37.8. The molecule has 0 aromatic carbocycles. The number of rotatable bonds is 49. The Kier molecular flexibility index (Phi) is 50.4. The summed E-state index contributed by atoms with van der Waals surface area (Å²) in [7, 11) is 0. The number of carbonyl (C=O) groups excluding carboxylic acids is 3. The second-order valence-electron chi connectivity index (χ2n) is 18.1. The molecule has 0 rings (SSSR count). The predicted octanol–water partition coefficient (Wildman–Crippen LogP) is 18.0. The van der Waals surface area contributed by atoms with E-state index in [9.17, 15) is 14.4 Å². The molecule has 0 radical (unpaired) electrons. The monoisotopic (exact) mass is 895 g/mol. The first-order valence-corrected chi connectivity index (χ1v) is 27.3. The minimum atomic E-state index is -0.777. The van der Waals surface area contributed by atoms with E-state index >= 15 is 0 Å². The predicted molar refractivity (Wildman–Crippen MR) is 275 cm³/mol. The Balaban J connectivity index is 4.20. The summed E-state index contributed by atoms with van der Waals surface area (Å²) >= 11 is 0. The summed E-state index contributed by atoms with van der Waals surface area (Å²) in [6.07, 6.45) is 65.2. The van der Waals surface area contributed by atoms with Crippen LogP contribution in [-0.4, -0.2) is 37.2 Å². The van der Waals surface area contributed by atoms with Crippen molar-refractivity contribution in [3.8, 4) is 0 Å². The highest BCUT2D eigenvalue weighted by Crippen LogP contribution is 2.16. The van der Waals surface area contributed by atoms with Crippen LogP contribution in [0.25, 0.3) is 0 Å². The molecule has 0 bridgehead atoms. The van der Waals surface area contributed by atoms with Crippen molar-refractivity contribution < 1.29 is 28.6 Å². The van der Waals surface area contributed by atoms with Crippen molar-refractivity contribution in [1.82, 2.24) is 0 Å². The molecule has 0 saturated carbocycles. The van der Waals surface area contributed by atoms with E-state index in [1.165, 1.54) is 122 Å². The molecule has 0 fully saturated rings. The van der Waals surface area contributed by atoms with Crippen molar-refractivity contribution in [2.45, 2.75) is 277 Å². The Hall–Kier alpha value is -2.89. The zero-order valence-electron chi connectivity index (χ0n) is 42.3. The minimum absolute atomic E-state index is 0.0786. The Labute approximate surface area is 396 Å². The maximum absolute atomic E-state index is 12.8. The fourth-order valence-corrected chi connectivity index (χ4v) is 7.70. The number of ether oxygens (including phenoxy) is 3. The average Bonchev–Trinajstić information content (AvgIpc) is 3.29. The summed E-state index contributed by atoms with van der Waals surface area (Å²) in [6, 6.07) is 0. The number of carbonyl (C=O) groups is 3. The van der Waals surface area contributed by atoms with Crippen molar-refractivity contribution in [3.05, 3.63) is 60.8 Å². The molecule has 0 aliphatic heterocycles. The Morgan fingerprint density at radius 2 is 0.609 bits per heavy atom. The minimum Gasteiger partial charge on any atom is -0.462 e. The highest BCUT2D eigenvalue weighted by atomic mass is 16.6. The van der Waals surface area contributed by atoms with Crippen LogP contribution in [0.3, 0.4) is 0 Å². The average molecular weight is 895 g/mol. The smallest absolute Gasteiger partial charge is 0.306 e. The third-order valence-corrected chi connectivity index (χ3v) is 11.8. The molecule has 0 aromatic rings. The van der Waals surface area contributed by atoms with Gasteiger partial charge in [-0.3, -0.25) is 14.4 Å². The van der Waals surface area contributed by atoms with E-state index < -0.39 is 6.10 Å². The summed E-state index contributed by atoms with van der Waals surface area (Å²) in [5.74, 6) is -0.898. The molecule has 1 atom stereocenters. The first-order valence-electron chi connectivity index (χ1n) is 27.3. The van der Waals surface area contributed by atoms with E-state index in [1.54, 1.807) is 0 Å². The second kappa shape index (κ2) is 52.7. The fourth-order valence-electron chi connectivity index (χ4n) is 7.70. The van der Waals surface area contributed by atoms with Crippen LogP contribution in [0.1, 0.15) is 271 Å². The van der Waals surface area contributed by atoms with E-state index in [2.05, 4.69) is 81.5 Å². The lowest BCUT2D eigenvalue weighted by atomic mass is 10.0. The largest absolute Gasteiger partial charge is 0.462 e. The van der Waals surface area contributed by atoms with Gasteiger partial charge in [-0.2, -0.15) is 0 Å². The second-order valence-corrected chi connectivity index (χ2v) is 18.1. The van der Waals surface area contributed by atoms with Crippen molar-refractivity contribution in [3.63, 3.8) is 0 Å². The zero-order chi connectivity index (χ0) is 46.5. The van der Waals surface area contributed by atoms with Crippen molar-refractivity contribution in [2.75, 3.05) is 13.2 Å². The van der Waals surface area contributed by atoms with Gasteiger partial charge in [-0.1, -0.05) is 248 Å². The summed E-state index contributed by atoms with van der Waals surface area (Å²) < 4.78 is 16.7. The molecule has 0 amide bonds. The van der Waals surface area contributed by atoms with Crippen LogP contribution in [0.4, 0.5) is 0 Å². The third kappa shape index (κ3) is 50.1. The summed E-state index contributed by atoms with van der Waals surface area (Å²) in [5.41, 5.74) is 0. The summed E-state index contributed by atoms with van der Waals surface area (Å²) in [5, 5.41) is 0. The van der Waals surface area contributed by atoms with Gasteiger partial charge in [0.15, 0.2) is 6.10 Å². The van der Waals surface area contributed by atoms with Gasteiger partial charge in [0, 0.05) is 19.3 Å². The van der Waals surface area contributed by atoms with Crippen molar-refractivity contribution >= 4 is 17.9 Å². The standard InChI is InChI=1S/C58H102O6/c1-4-7-10-13-16-18-20-22-24-26-28-29-31-32-34-36-38-40-42-45-48-51-57(60)63-54-55(53-62-56(59)50-47-44-15-12-9-6-3)64-58(61)52-49-46-43-41-39-37-35-33-30-27-25-23-21-19-17-14-11-8-5-2/h7,10,16,18,22,24,28-29,32,34,55H,4-6,8-9,11-15,17,19-21,23,25-27,30-31,33,35-54H2,1-3H3/b10-7-,18-16-,24-22-,29-28-,34-32-. The molecule has 64 heavy (non-hydrogen) atoms. The number of unbranched alkanes of at least 4 members (excludes halogenated alkanes) is 28. The lowest BCUT2D eigenvalue weighted by Gasteiger charge is -2.18. The molecule has 1 unspecified atom stereocenters. The van der Waals surface area contributed by atoms with Crippen LogP contribution in [0.2, 0.25) is 0 Å². The van der Waals surface area contributed by atoms with Gasteiger partial charge in [0.2, 0.25) is 0 Å². The van der Waals surface area contributed by atoms with Crippen LogP contribution in [0.5, 0.6) is 0 Å². The molecule has 0 aliphatic carbocycles. The Morgan fingerprint density at radius 3 is 0.953 bits per heavy atom. The third-order valence-electron chi connectivity index (χ3n) is 11.8. The van der Waals surface area contributed by atoms with E-state index in [4.69, 9.17) is 14.2 Å². The van der Waals surface area contributed by atoms with Gasteiger partial charge in [-0.05, 0) is 64.2 Å². The molecule has 370 valence electrons. The lowest BCUT2D eigenvalue weighted by Crippen LogP contribution is -2.30. The van der Waals surface area contributed by atoms with Crippen LogP contribution >= 0.6 is 0 Å². The van der Waals surface area contributed by atoms with Gasteiger partial charge in [-0.15, -0.1) is 0 Å². The molecule has 6 heteroatoms. The zero-order valence-corrected chi connectivity index (χ0v) is 42.3. The van der Waals surface area contributed by atoms with Gasteiger partial charge in [0.25, 0.3) is 0 Å². The van der Waals surface area contributed by atoms with E-state index in [0.29, 0.717) is 19.3 Å². The molecule has 0 spiro atoms. The van der Waals surface area contributed by atoms with E-state index in [-0.39, 0.29) is 31.1 Å². The Bertz CT molecular complexity index is 1170. The lowest BCUT2D eigenvalue weighted by molar-refractivity contribution is -0.167. The van der Waals surface area contributed by atoms with Crippen LogP contribution in [0.15, 0.2) is 60.8 Å². The van der Waals surface area contributed by atoms with Gasteiger partial charge < -0.3 is 14.2 Å². The number of hydrogen-bond acceptors (Lipinski definition) is 6. The topological polar surface area (TPSA) is 78.9 Å². The molecular weight excluding hydrogens is 793 g/mol. The van der Waals surface area contributed by atoms with Gasteiger partial charge >= 0.3 is 17.9 Å². The first kappa shape index (κ1) is 61.1. The summed E-state index contributed by atoms with van der Waals surface area (Å²) in [6.45, 7) is 6.47. The van der Waals surface area contributed by atoms with Gasteiger partial charge in [0.1, 0.15) is 13.2 Å². The number of esters is 3. The number of allylic oxidation sites excluding steroid dienone is 10. The normalized spacial score (nSPS) is 12.5. The van der Waals surface area contributed by atoms with Crippen molar-refractivity contribution in [2.24, 2.45) is 0 Å². The maximum atomic E-state index is 12.8. The number of hydrogen-bond donors (Lipinski definition) is 0. The highest BCUT2D eigenvalue weighted by molar-refractivity contribution is 5.71. The van der Waals surface area contributed by atoms with Gasteiger partial charge in [-0.25, -0.2) is 0 Å². The highest BCUT2D eigenvalue weighted by Gasteiger charge is 2.19. The molecular formula is C58H102O6. The fraction of sp³-hybridized carbons (Fsp3) is 0.776. The quantitative estimate of drug-likeness (QED) is 0.0262. The molecule has 0 N–H and O–H groups in total. The Morgan fingerprint density at radius 1 is 0.328 bits per heavy atom. The molecule has 0 heterocycles. The first-order chi connectivity index (χ1) is 31.5. The SMILES string of the molecule is CC/C=C\C/C=C\C/C=C\C/C=C\C/C=C\CCCCCCCC(=O)OCC(COC(=O)CCCCCCCC)OC(=O)CCCCCCCCCCCCCCCCCCCCC. The van der Waals surface area contributed by atoms with Crippen LogP contribution < -0.4 is 0 Å². The molecule has 0 saturated heterocycles. The van der Waals surface area contributed by atoms with Crippen LogP contribution in [-0.2, 0) is 28.6 Å². The molecule has 6 nitrogen and oxygen atoms in total. The van der Waals surface area contributed by atoms with E-state index in [0.717, 1.165) is 109 Å². The van der Waals surface area contributed by atoms with E-state index in [1.807, 2.05) is 0 Å².